The second-order valence-electron chi connectivity index (χ2n) is 10.3. The zero-order valence-electron chi connectivity index (χ0n) is 22.8. The van der Waals surface area contributed by atoms with Crippen molar-refractivity contribution in [1.29, 1.82) is 5.26 Å². The van der Waals surface area contributed by atoms with Gasteiger partial charge in [0.25, 0.3) is 0 Å². The Morgan fingerprint density at radius 2 is 1.55 bits per heavy atom. The normalized spacial score (nSPS) is 15.9. The molecule has 0 saturated carbocycles. The maximum Gasteiger partial charge on any atom is 0.238 e. The smallest absolute Gasteiger partial charge is 0.238 e. The number of hydrogen-bond donors (Lipinski definition) is 2. The average Bonchev–Trinajstić information content (AvgIpc) is 2.96. The molecule has 1 atom stereocenters. The van der Waals surface area contributed by atoms with E-state index in [0.29, 0.717) is 19.6 Å². The van der Waals surface area contributed by atoms with E-state index < -0.39 is 17.9 Å². The van der Waals surface area contributed by atoms with E-state index in [2.05, 4.69) is 10.2 Å². The van der Waals surface area contributed by atoms with Crippen LogP contribution in [0.1, 0.15) is 41.9 Å². The summed E-state index contributed by atoms with van der Waals surface area (Å²) in [4.78, 5) is 29.0. The van der Waals surface area contributed by atoms with Crippen LogP contribution in [-0.4, -0.2) is 60.4 Å². The van der Waals surface area contributed by atoms with Crippen molar-refractivity contribution in [3.8, 4) is 6.07 Å². The number of nitrogens with zero attached hydrogens (tertiary/aromatic N) is 3. The maximum absolute atomic E-state index is 13.5. The van der Waals surface area contributed by atoms with E-state index in [9.17, 15) is 18.4 Å². The quantitative estimate of drug-likeness (QED) is 0.276. The van der Waals surface area contributed by atoms with Gasteiger partial charge in [0, 0.05) is 25.6 Å². The summed E-state index contributed by atoms with van der Waals surface area (Å²) < 4.78 is 27.1. The van der Waals surface area contributed by atoms with Gasteiger partial charge in [-0.1, -0.05) is 53.9 Å². The van der Waals surface area contributed by atoms with Crippen molar-refractivity contribution >= 4 is 40.7 Å². The monoisotopic (exact) mass is 613 g/mol. The topological polar surface area (TPSA) is 102 Å². The summed E-state index contributed by atoms with van der Waals surface area (Å²) in [7, 11) is 0. The van der Waals surface area contributed by atoms with Gasteiger partial charge < -0.3 is 11.1 Å². The van der Waals surface area contributed by atoms with Gasteiger partial charge in [-0.2, -0.15) is 5.26 Å². The molecule has 0 aromatic heterocycles. The van der Waals surface area contributed by atoms with Gasteiger partial charge in [-0.3, -0.25) is 19.4 Å². The van der Waals surface area contributed by atoms with Crippen LogP contribution in [0.4, 0.5) is 14.5 Å². The number of primary amides is 1. The summed E-state index contributed by atoms with van der Waals surface area (Å²) >= 11 is 12.4. The summed E-state index contributed by atoms with van der Waals surface area (Å²) in [5.74, 6) is -1.54. The molecule has 0 spiro atoms. The van der Waals surface area contributed by atoms with Crippen molar-refractivity contribution in [3.05, 3.63) is 99.0 Å². The summed E-state index contributed by atoms with van der Waals surface area (Å²) in [6, 6.07) is 16.9. The van der Waals surface area contributed by atoms with E-state index in [4.69, 9.17) is 34.2 Å². The first-order valence-corrected chi connectivity index (χ1v) is 14.4. The second-order valence-corrected chi connectivity index (χ2v) is 11.1. The molecule has 220 valence electrons. The molecular weight excluding hydrogens is 583 g/mol. The number of nitrogens with two attached hydrogens (primary N) is 1. The molecule has 1 aliphatic heterocycles. The zero-order chi connectivity index (χ0) is 30.2. The largest absolute Gasteiger partial charge is 0.368 e. The Bertz CT molecular complexity index is 1380. The van der Waals surface area contributed by atoms with Gasteiger partial charge in [-0.15, -0.1) is 0 Å². The van der Waals surface area contributed by atoms with Crippen LogP contribution in [0.15, 0.2) is 60.7 Å². The van der Waals surface area contributed by atoms with Gasteiger partial charge in [0.1, 0.15) is 17.7 Å². The van der Waals surface area contributed by atoms with E-state index >= 15 is 0 Å². The van der Waals surface area contributed by atoms with Crippen molar-refractivity contribution in [1.82, 2.24) is 9.80 Å². The molecule has 1 fully saturated rings. The number of halogens is 4. The average molecular weight is 615 g/mol. The first-order chi connectivity index (χ1) is 20.1. The fourth-order valence-electron chi connectivity index (χ4n) is 5.26. The van der Waals surface area contributed by atoms with Crippen LogP contribution in [0, 0.1) is 23.0 Å². The molecule has 42 heavy (non-hydrogen) atoms. The van der Waals surface area contributed by atoms with Crippen molar-refractivity contribution < 1.29 is 18.4 Å². The Morgan fingerprint density at radius 1 is 0.976 bits per heavy atom. The lowest BCUT2D eigenvalue weighted by Crippen LogP contribution is -2.59. The zero-order valence-corrected chi connectivity index (χ0v) is 24.3. The number of nitrogens with one attached hydrogen (secondary N) is 1. The molecule has 3 aromatic carbocycles. The van der Waals surface area contributed by atoms with E-state index in [1.807, 2.05) is 6.07 Å². The van der Waals surface area contributed by atoms with Crippen LogP contribution in [0.2, 0.25) is 10.0 Å². The van der Waals surface area contributed by atoms with Crippen LogP contribution in [0.25, 0.3) is 0 Å². The minimum atomic E-state index is -0.650. The third-order valence-electron chi connectivity index (χ3n) is 7.45. The number of rotatable bonds is 11. The Balaban J connectivity index is 1.31. The van der Waals surface area contributed by atoms with Gasteiger partial charge in [0.05, 0.1) is 33.9 Å². The number of unbranched alkanes of at least 4 members (excludes halogenated alkanes) is 1. The van der Waals surface area contributed by atoms with E-state index in [-0.39, 0.29) is 45.4 Å². The van der Waals surface area contributed by atoms with Gasteiger partial charge in [0.2, 0.25) is 11.8 Å². The highest BCUT2D eigenvalue weighted by molar-refractivity contribution is 6.40. The number of nitriles is 1. The predicted molar refractivity (Wildman–Crippen MR) is 159 cm³/mol. The fraction of sp³-hybridized carbons (Fsp3) is 0.323. The Hall–Kier alpha value is -3.55. The predicted octanol–water partition coefficient (Wildman–Crippen LogP) is 5.56. The highest BCUT2D eigenvalue weighted by Gasteiger charge is 2.32. The Morgan fingerprint density at radius 3 is 2.07 bits per heavy atom. The van der Waals surface area contributed by atoms with Gasteiger partial charge in [0.15, 0.2) is 0 Å². The lowest BCUT2D eigenvalue weighted by atomic mass is 9.87. The van der Waals surface area contributed by atoms with Crippen molar-refractivity contribution in [2.45, 2.75) is 31.2 Å². The summed E-state index contributed by atoms with van der Waals surface area (Å²) in [5.41, 5.74) is 8.12. The summed E-state index contributed by atoms with van der Waals surface area (Å²) in [6.45, 7) is 2.16. The number of carbonyl (C=O) groups excluding carboxylic acids is 2. The first-order valence-electron chi connectivity index (χ1n) is 13.6. The SMILES string of the molecule is N#Cc1cc(Cl)c(NC(=O)CN2CCN(CCCCC(c3ccc(F)cc3)c3ccc(F)cc3)CC2C(N)=O)c(Cl)c1. The molecule has 7 nitrogen and oxygen atoms in total. The molecular formula is C31H31Cl2F2N5O2. The van der Waals surface area contributed by atoms with E-state index in [1.165, 1.54) is 36.4 Å². The molecule has 1 aliphatic rings. The van der Waals surface area contributed by atoms with E-state index in [0.717, 1.165) is 36.9 Å². The third kappa shape index (κ3) is 8.26. The standard InChI is InChI=1S/C31H31Cl2F2N5O2/c32-26-15-20(17-36)16-27(33)30(26)38-29(41)19-40-14-13-39(18-28(40)31(37)42)12-2-1-3-25(21-4-8-23(34)9-5-21)22-6-10-24(35)11-7-22/h4-11,15-16,25,28H,1-3,12-14,18-19H2,(H2,37,42)(H,38,41). The molecule has 1 heterocycles. The number of anilines is 1. The number of piperazine rings is 1. The minimum absolute atomic E-state index is 0.00181. The molecule has 2 amide bonds. The third-order valence-corrected chi connectivity index (χ3v) is 8.04. The Labute approximate surface area is 253 Å². The fourth-order valence-corrected chi connectivity index (χ4v) is 5.84. The molecule has 4 rings (SSSR count). The lowest BCUT2D eigenvalue weighted by Gasteiger charge is -2.39. The molecule has 3 N–H and O–H groups in total. The highest BCUT2D eigenvalue weighted by atomic mass is 35.5. The van der Waals surface area contributed by atoms with Crippen LogP contribution < -0.4 is 11.1 Å². The number of carbonyl (C=O) groups is 2. The van der Waals surface area contributed by atoms with Gasteiger partial charge >= 0.3 is 0 Å². The van der Waals surface area contributed by atoms with E-state index in [1.54, 1.807) is 29.2 Å². The van der Waals surface area contributed by atoms with Crippen LogP contribution in [0.5, 0.6) is 0 Å². The minimum Gasteiger partial charge on any atom is -0.368 e. The molecule has 0 bridgehead atoms. The highest BCUT2D eigenvalue weighted by Crippen LogP contribution is 2.32. The summed E-state index contributed by atoms with van der Waals surface area (Å²) in [6.07, 6.45) is 2.49. The van der Waals surface area contributed by atoms with Crippen LogP contribution in [0.3, 0.4) is 0 Å². The summed E-state index contributed by atoms with van der Waals surface area (Å²) in [5, 5.41) is 12.0. The molecule has 0 aliphatic carbocycles. The Kier molecular flexibility index (Phi) is 10.9. The van der Waals surface area contributed by atoms with Crippen molar-refractivity contribution in [2.24, 2.45) is 5.73 Å². The maximum atomic E-state index is 13.5. The molecule has 11 heteroatoms. The number of amides is 2. The number of hydrogen-bond acceptors (Lipinski definition) is 5. The second kappa shape index (κ2) is 14.6. The lowest BCUT2D eigenvalue weighted by molar-refractivity contribution is -0.127. The first kappa shape index (κ1) is 31.4. The van der Waals surface area contributed by atoms with Gasteiger partial charge in [-0.25, -0.2) is 8.78 Å². The molecule has 1 saturated heterocycles. The molecule has 1 unspecified atom stereocenters. The molecule has 0 radical (unpaired) electrons. The van der Waals surface area contributed by atoms with Gasteiger partial charge in [-0.05, 0) is 66.9 Å². The van der Waals surface area contributed by atoms with Crippen LogP contribution >= 0.6 is 23.2 Å². The number of benzene rings is 3. The van der Waals surface area contributed by atoms with Crippen molar-refractivity contribution in [2.75, 3.05) is 38.0 Å². The van der Waals surface area contributed by atoms with Crippen LogP contribution in [-0.2, 0) is 9.59 Å². The molecule has 3 aromatic rings. The van der Waals surface area contributed by atoms with Crippen molar-refractivity contribution in [3.63, 3.8) is 0 Å².